The van der Waals surface area contributed by atoms with Crippen LogP contribution >= 0.6 is 27.3 Å². The molecule has 1 heterocycles. The van der Waals surface area contributed by atoms with Crippen molar-refractivity contribution in [2.24, 2.45) is 0 Å². The van der Waals surface area contributed by atoms with Crippen LogP contribution in [0.3, 0.4) is 0 Å². The third kappa shape index (κ3) is 1.64. The third-order valence-electron chi connectivity index (χ3n) is 2.00. The van der Waals surface area contributed by atoms with E-state index in [4.69, 9.17) is 5.11 Å². The molecule has 0 amide bonds. The van der Waals surface area contributed by atoms with E-state index in [0.29, 0.717) is 0 Å². The van der Waals surface area contributed by atoms with Gasteiger partial charge in [0.2, 0.25) is 0 Å². The van der Waals surface area contributed by atoms with Gasteiger partial charge in [0, 0.05) is 14.0 Å². The van der Waals surface area contributed by atoms with Crippen molar-refractivity contribution in [3.8, 4) is 0 Å². The van der Waals surface area contributed by atoms with Crippen LogP contribution in [0.5, 0.6) is 0 Å². The maximum absolute atomic E-state index is 8.98. The normalized spacial score (nSPS) is 11.0. The van der Waals surface area contributed by atoms with Crippen LogP contribution < -0.4 is 0 Å². The zero-order chi connectivity index (χ0) is 9.42. The Morgan fingerprint density at radius 1 is 1.38 bits per heavy atom. The van der Waals surface area contributed by atoms with Crippen molar-refractivity contribution in [1.29, 1.82) is 0 Å². The van der Waals surface area contributed by atoms with Crippen molar-refractivity contribution >= 4 is 37.4 Å². The van der Waals surface area contributed by atoms with Crippen LogP contribution in [0.2, 0.25) is 0 Å². The summed E-state index contributed by atoms with van der Waals surface area (Å²) in [5.41, 5.74) is 1.24. The fourth-order valence-electron chi connectivity index (χ4n) is 1.29. The fourth-order valence-corrected chi connectivity index (χ4v) is 2.66. The minimum Gasteiger partial charge on any atom is -0.391 e. The highest BCUT2D eigenvalue weighted by atomic mass is 79.9. The first-order chi connectivity index (χ1) is 6.20. The molecule has 0 bridgehead atoms. The Bertz CT molecular complexity index is 408. The lowest BCUT2D eigenvalue weighted by Crippen LogP contribution is -1.73. The third-order valence-corrected chi connectivity index (χ3v) is 3.94. The first-order valence-corrected chi connectivity index (χ1v) is 5.61. The Balaban J connectivity index is 2.70. The average Bonchev–Trinajstić information content (AvgIpc) is 2.48. The average molecular weight is 257 g/mol. The second-order valence-corrected chi connectivity index (χ2v) is 5.03. The van der Waals surface area contributed by atoms with Gasteiger partial charge in [-0.05, 0) is 36.1 Å². The van der Waals surface area contributed by atoms with Crippen molar-refractivity contribution in [3.63, 3.8) is 0 Å². The molecule has 0 aliphatic rings. The molecule has 0 radical (unpaired) electrons. The topological polar surface area (TPSA) is 20.2 Å². The molecule has 0 spiro atoms. The molecule has 2 aromatic rings. The molecule has 0 aliphatic carbocycles. The summed E-state index contributed by atoms with van der Waals surface area (Å²) in [5.74, 6) is 0. The number of aliphatic hydroxyl groups excluding tert-OH is 1. The first-order valence-electron chi connectivity index (χ1n) is 4.00. The standard InChI is InChI=1S/C10H9BrOS/c1-6-2-10-7(4-9(6)11)3-8(5-12)13-10/h2-4,12H,5H2,1H3. The van der Waals surface area contributed by atoms with Gasteiger partial charge in [0.05, 0.1) is 6.61 Å². The van der Waals surface area contributed by atoms with E-state index in [1.807, 2.05) is 6.07 Å². The predicted molar refractivity (Wildman–Crippen MR) is 60.2 cm³/mol. The number of rotatable bonds is 1. The van der Waals surface area contributed by atoms with Crippen molar-refractivity contribution in [2.45, 2.75) is 13.5 Å². The van der Waals surface area contributed by atoms with E-state index in [0.717, 1.165) is 9.35 Å². The van der Waals surface area contributed by atoms with Crippen LogP contribution in [-0.4, -0.2) is 5.11 Å². The number of hydrogen-bond donors (Lipinski definition) is 1. The molecule has 3 heteroatoms. The second kappa shape index (κ2) is 3.40. The van der Waals surface area contributed by atoms with Gasteiger partial charge in [-0.3, -0.25) is 0 Å². The van der Waals surface area contributed by atoms with Crippen LogP contribution in [-0.2, 0) is 6.61 Å². The van der Waals surface area contributed by atoms with Gasteiger partial charge in [-0.1, -0.05) is 15.9 Å². The zero-order valence-electron chi connectivity index (χ0n) is 7.17. The number of fused-ring (bicyclic) bond motifs is 1. The molecule has 0 aliphatic heterocycles. The van der Waals surface area contributed by atoms with Gasteiger partial charge in [-0.25, -0.2) is 0 Å². The summed E-state index contributed by atoms with van der Waals surface area (Å²) in [6.07, 6.45) is 0. The highest BCUT2D eigenvalue weighted by molar-refractivity contribution is 9.10. The van der Waals surface area contributed by atoms with Gasteiger partial charge in [-0.2, -0.15) is 0 Å². The lowest BCUT2D eigenvalue weighted by atomic mass is 10.2. The van der Waals surface area contributed by atoms with Crippen LogP contribution in [0.1, 0.15) is 10.4 Å². The van der Waals surface area contributed by atoms with Crippen LogP contribution in [0.4, 0.5) is 0 Å². The summed E-state index contributed by atoms with van der Waals surface area (Å²) in [6.45, 7) is 2.21. The molecule has 1 N–H and O–H groups in total. The smallest absolute Gasteiger partial charge is 0.0774 e. The monoisotopic (exact) mass is 256 g/mol. The Hall–Kier alpha value is -0.380. The molecule has 0 unspecified atom stereocenters. The number of aryl methyl sites for hydroxylation is 1. The summed E-state index contributed by atoms with van der Waals surface area (Å²) >= 11 is 5.14. The van der Waals surface area contributed by atoms with E-state index in [2.05, 4.69) is 35.0 Å². The molecule has 0 saturated carbocycles. The zero-order valence-corrected chi connectivity index (χ0v) is 9.58. The van der Waals surface area contributed by atoms with Gasteiger partial charge < -0.3 is 5.11 Å². The number of thiophene rings is 1. The number of hydrogen-bond acceptors (Lipinski definition) is 2. The fraction of sp³-hybridized carbons (Fsp3) is 0.200. The Kier molecular flexibility index (Phi) is 2.41. The Morgan fingerprint density at radius 2 is 2.15 bits per heavy atom. The molecule has 68 valence electrons. The number of benzene rings is 1. The quantitative estimate of drug-likeness (QED) is 0.829. The van der Waals surface area contributed by atoms with Crippen molar-refractivity contribution in [1.82, 2.24) is 0 Å². The minimum absolute atomic E-state index is 0.135. The van der Waals surface area contributed by atoms with E-state index in [-0.39, 0.29) is 6.61 Å². The number of halogens is 1. The van der Waals surface area contributed by atoms with E-state index in [1.54, 1.807) is 11.3 Å². The summed E-state index contributed by atoms with van der Waals surface area (Å²) in [4.78, 5) is 1.02. The Morgan fingerprint density at radius 3 is 2.85 bits per heavy atom. The van der Waals surface area contributed by atoms with E-state index in [9.17, 15) is 0 Å². The SMILES string of the molecule is Cc1cc2sc(CO)cc2cc1Br. The summed E-state index contributed by atoms with van der Waals surface area (Å²) < 4.78 is 2.37. The molecule has 0 atom stereocenters. The molecular formula is C10H9BrOS. The lowest BCUT2D eigenvalue weighted by Gasteiger charge is -1.96. The molecular weight excluding hydrogens is 248 g/mol. The van der Waals surface area contributed by atoms with Gasteiger partial charge in [0.15, 0.2) is 0 Å². The molecule has 2 rings (SSSR count). The molecule has 0 saturated heterocycles. The van der Waals surface area contributed by atoms with Crippen molar-refractivity contribution in [3.05, 3.63) is 33.1 Å². The maximum Gasteiger partial charge on any atom is 0.0774 e. The number of aliphatic hydroxyl groups is 1. The van der Waals surface area contributed by atoms with Crippen LogP contribution in [0.15, 0.2) is 22.7 Å². The first kappa shape index (κ1) is 9.19. The molecule has 1 aromatic heterocycles. The molecule has 0 fully saturated rings. The lowest BCUT2D eigenvalue weighted by molar-refractivity contribution is 0.285. The highest BCUT2D eigenvalue weighted by Crippen LogP contribution is 2.30. The van der Waals surface area contributed by atoms with Gasteiger partial charge >= 0.3 is 0 Å². The van der Waals surface area contributed by atoms with E-state index >= 15 is 0 Å². The largest absolute Gasteiger partial charge is 0.391 e. The van der Waals surface area contributed by atoms with Crippen molar-refractivity contribution < 1.29 is 5.11 Å². The summed E-state index contributed by atoms with van der Waals surface area (Å²) in [7, 11) is 0. The summed E-state index contributed by atoms with van der Waals surface area (Å²) in [5, 5.41) is 10.2. The predicted octanol–water partition coefficient (Wildman–Crippen LogP) is 3.46. The molecule has 13 heavy (non-hydrogen) atoms. The van der Waals surface area contributed by atoms with E-state index < -0.39 is 0 Å². The minimum atomic E-state index is 0.135. The van der Waals surface area contributed by atoms with Crippen LogP contribution in [0.25, 0.3) is 10.1 Å². The highest BCUT2D eigenvalue weighted by Gasteiger charge is 2.03. The second-order valence-electron chi connectivity index (χ2n) is 3.01. The summed E-state index contributed by atoms with van der Waals surface area (Å²) in [6, 6.07) is 6.27. The molecule has 1 aromatic carbocycles. The van der Waals surface area contributed by atoms with Gasteiger partial charge in [-0.15, -0.1) is 11.3 Å². The Labute approximate surface area is 89.1 Å². The van der Waals surface area contributed by atoms with E-state index in [1.165, 1.54) is 15.6 Å². The molecule has 1 nitrogen and oxygen atoms in total. The van der Waals surface area contributed by atoms with Gasteiger partial charge in [0.25, 0.3) is 0 Å². The van der Waals surface area contributed by atoms with Gasteiger partial charge in [0.1, 0.15) is 0 Å². The van der Waals surface area contributed by atoms with Crippen LogP contribution in [0, 0.1) is 6.92 Å². The maximum atomic E-state index is 8.98. The van der Waals surface area contributed by atoms with Crippen molar-refractivity contribution in [2.75, 3.05) is 0 Å².